The van der Waals surface area contributed by atoms with Crippen molar-refractivity contribution < 1.29 is 9.53 Å². The van der Waals surface area contributed by atoms with Gasteiger partial charge in [0.2, 0.25) is 0 Å². The topological polar surface area (TPSA) is 26.3 Å². The van der Waals surface area contributed by atoms with Crippen LogP contribution in [0, 0.1) is 23.2 Å². The minimum Gasteiger partial charge on any atom is -0.494 e. The van der Waals surface area contributed by atoms with Gasteiger partial charge in [0.15, 0.2) is 5.78 Å². The van der Waals surface area contributed by atoms with Gasteiger partial charge < -0.3 is 4.74 Å². The van der Waals surface area contributed by atoms with E-state index in [0.717, 1.165) is 61.4 Å². The van der Waals surface area contributed by atoms with E-state index in [2.05, 4.69) is 19.1 Å². The van der Waals surface area contributed by atoms with Crippen molar-refractivity contribution in [2.75, 3.05) is 6.61 Å². The maximum absolute atomic E-state index is 13.0. The molecular formula is C24H32O2. The first-order valence-electron chi connectivity index (χ1n) is 10.6. The summed E-state index contributed by atoms with van der Waals surface area (Å²) in [6.07, 6.45) is 15.0. The van der Waals surface area contributed by atoms with E-state index in [9.17, 15) is 4.79 Å². The zero-order chi connectivity index (χ0) is 18.0. The van der Waals surface area contributed by atoms with Crippen molar-refractivity contribution >= 4 is 11.9 Å². The van der Waals surface area contributed by atoms with Crippen LogP contribution in [0.2, 0.25) is 0 Å². The Morgan fingerprint density at radius 2 is 1.65 bits per heavy atom. The van der Waals surface area contributed by atoms with E-state index in [0.29, 0.717) is 5.78 Å². The van der Waals surface area contributed by atoms with Gasteiger partial charge >= 0.3 is 0 Å². The summed E-state index contributed by atoms with van der Waals surface area (Å²) in [7, 11) is 0. The zero-order valence-corrected chi connectivity index (χ0v) is 16.1. The van der Waals surface area contributed by atoms with Crippen molar-refractivity contribution in [1.29, 1.82) is 0 Å². The van der Waals surface area contributed by atoms with Crippen LogP contribution in [0.4, 0.5) is 0 Å². The molecule has 26 heavy (non-hydrogen) atoms. The Labute approximate surface area is 158 Å². The quantitative estimate of drug-likeness (QED) is 0.420. The Bertz CT molecular complexity index is 620. The molecule has 0 saturated heterocycles. The summed E-state index contributed by atoms with van der Waals surface area (Å²) in [5, 5.41) is 0. The number of ether oxygens (including phenoxy) is 1. The molecule has 0 aliphatic heterocycles. The molecule has 0 unspecified atom stereocenters. The maximum atomic E-state index is 13.0. The van der Waals surface area contributed by atoms with Crippen molar-refractivity contribution in [2.45, 2.75) is 64.7 Å². The van der Waals surface area contributed by atoms with E-state index < -0.39 is 0 Å². The van der Waals surface area contributed by atoms with Crippen molar-refractivity contribution in [2.24, 2.45) is 23.2 Å². The fraction of sp³-hybridized carbons (Fsp3) is 0.625. The Kier molecular flexibility index (Phi) is 5.20. The smallest absolute Gasteiger partial charge is 0.161 e. The van der Waals surface area contributed by atoms with Crippen LogP contribution in [0.1, 0.15) is 70.3 Å². The van der Waals surface area contributed by atoms with Crippen LogP contribution < -0.4 is 4.74 Å². The molecule has 0 spiro atoms. The van der Waals surface area contributed by atoms with Gasteiger partial charge in [0.1, 0.15) is 5.75 Å². The summed E-state index contributed by atoms with van der Waals surface area (Å²) in [5.41, 5.74) is 1.07. The van der Waals surface area contributed by atoms with Crippen LogP contribution >= 0.6 is 0 Å². The van der Waals surface area contributed by atoms with Crippen LogP contribution in [0.15, 0.2) is 30.3 Å². The second kappa shape index (κ2) is 7.58. The molecular weight excluding hydrogens is 320 g/mol. The molecule has 2 nitrogen and oxygen atoms in total. The standard InChI is InChI=1S/C24H32O2/c1-2-3-4-11-26-22-8-5-18(6-9-22)7-10-23(25)24-15-19-12-20(16-24)14-21(13-19)17-24/h5-10,19-21H,2-4,11-17H2,1H3/b10-7+. The van der Waals surface area contributed by atoms with Crippen molar-refractivity contribution in [3.8, 4) is 5.75 Å². The molecule has 0 aromatic heterocycles. The second-order valence-corrected chi connectivity index (χ2v) is 9.02. The number of carbonyl (C=O) groups excluding carboxylic acids is 1. The average Bonchev–Trinajstić information content (AvgIpc) is 2.63. The van der Waals surface area contributed by atoms with Gasteiger partial charge in [-0.15, -0.1) is 0 Å². The van der Waals surface area contributed by atoms with Gasteiger partial charge in [0.05, 0.1) is 6.61 Å². The van der Waals surface area contributed by atoms with Gasteiger partial charge in [-0.25, -0.2) is 0 Å². The summed E-state index contributed by atoms with van der Waals surface area (Å²) in [6.45, 7) is 2.99. The Morgan fingerprint density at radius 3 is 2.23 bits per heavy atom. The van der Waals surface area contributed by atoms with Gasteiger partial charge in [-0.1, -0.05) is 38.0 Å². The monoisotopic (exact) mass is 352 g/mol. The highest BCUT2D eigenvalue weighted by Crippen LogP contribution is 2.60. The third kappa shape index (κ3) is 3.75. The lowest BCUT2D eigenvalue weighted by molar-refractivity contribution is -0.138. The summed E-state index contributed by atoms with van der Waals surface area (Å²) < 4.78 is 5.76. The first-order valence-corrected chi connectivity index (χ1v) is 10.6. The van der Waals surface area contributed by atoms with Crippen molar-refractivity contribution in [3.05, 3.63) is 35.9 Å². The Balaban J connectivity index is 1.35. The largest absolute Gasteiger partial charge is 0.494 e. The minimum absolute atomic E-state index is 0.0203. The predicted molar refractivity (Wildman–Crippen MR) is 106 cm³/mol. The first kappa shape index (κ1) is 17.8. The molecule has 0 N–H and O–H groups in total. The molecule has 0 atom stereocenters. The van der Waals surface area contributed by atoms with Gasteiger partial charge in [0, 0.05) is 5.41 Å². The molecule has 0 heterocycles. The molecule has 2 heteroatoms. The van der Waals surface area contributed by atoms with Crippen LogP contribution in [-0.2, 0) is 4.79 Å². The normalized spacial score (nSPS) is 32.3. The number of hydrogen-bond donors (Lipinski definition) is 0. The second-order valence-electron chi connectivity index (χ2n) is 9.02. The highest BCUT2D eigenvalue weighted by Gasteiger charge is 2.53. The lowest BCUT2D eigenvalue weighted by Crippen LogP contribution is -2.49. The SMILES string of the molecule is CCCCCOc1ccc(/C=C/C(=O)C23CC4CC(CC(C4)C2)C3)cc1. The molecule has 4 bridgehead atoms. The summed E-state index contributed by atoms with van der Waals surface area (Å²) in [5.74, 6) is 3.77. The molecule has 1 aromatic carbocycles. The first-order chi connectivity index (χ1) is 12.7. The van der Waals surface area contributed by atoms with Crippen LogP contribution in [0.5, 0.6) is 5.75 Å². The van der Waals surface area contributed by atoms with E-state index >= 15 is 0 Å². The van der Waals surface area contributed by atoms with E-state index in [1.165, 1.54) is 32.1 Å². The van der Waals surface area contributed by atoms with Gasteiger partial charge in [-0.2, -0.15) is 0 Å². The average molecular weight is 353 g/mol. The number of unbranched alkanes of at least 4 members (excludes halogenated alkanes) is 2. The van der Waals surface area contributed by atoms with Crippen molar-refractivity contribution in [1.82, 2.24) is 0 Å². The number of carbonyl (C=O) groups is 1. The molecule has 4 saturated carbocycles. The lowest BCUT2D eigenvalue weighted by Gasteiger charge is -2.55. The highest BCUT2D eigenvalue weighted by atomic mass is 16.5. The van der Waals surface area contributed by atoms with Gasteiger partial charge in [-0.05, 0) is 86.5 Å². The fourth-order valence-corrected chi connectivity index (χ4v) is 5.98. The number of hydrogen-bond acceptors (Lipinski definition) is 2. The third-order valence-electron chi connectivity index (χ3n) is 6.88. The molecule has 0 amide bonds. The molecule has 4 fully saturated rings. The van der Waals surface area contributed by atoms with Crippen LogP contribution in [0.3, 0.4) is 0 Å². The zero-order valence-electron chi connectivity index (χ0n) is 16.1. The Hall–Kier alpha value is -1.57. The Morgan fingerprint density at radius 1 is 1.04 bits per heavy atom. The number of ketones is 1. The fourth-order valence-electron chi connectivity index (χ4n) is 5.98. The molecule has 4 aliphatic rings. The van der Waals surface area contributed by atoms with Crippen molar-refractivity contribution in [3.63, 3.8) is 0 Å². The number of rotatable bonds is 8. The lowest BCUT2D eigenvalue weighted by atomic mass is 9.48. The van der Waals surface area contributed by atoms with Crippen LogP contribution in [0.25, 0.3) is 6.08 Å². The van der Waals surface area contributed by atoms with E-state index in [-0.39, 0.29) is 5.41 Å². The number of benzene rings is 1. The van der Waals surface area contributed by atoms with E-state index in [1.54, 1.807) is 0 Å². The predicted octanol–water partition coefficient (Wildman–Crippen LogP) is 6.05. The molecule has 140 valence electrons. The highest BCUT2D eigenvalue weighted by molar-refractivity contribution is 5.98. The maximum Gasteiger partial charge on any atom is 0.161 e. The van der Waals surface area contributed by atoms with E-state index in [1.807, 2.05) is 24.3 Å². The minimum atomic E-state index is -0.0203. The van der Waals surface area contributed by atoms with E-state index in [4.69, 9.17) is 4.74 Å². The summed E-state index contributed by atoms with van der Waals surface area (Å²) >= 11 is 0. The third-order valence-corrected chi connectivity index (χ3v) is 6.88. The molecule has 1 aromatic rings. The summed E-state index contributed by atoms with van der Waals surface area (Å²) in [6, 6.07) is 8.14. The van der Waals surface area contributed by atoms with Gasteiger partial charge in [0.25, 0.3) is 0 Å². The van der Waals surface area contributed by atoms with Crippen LogP contribution in [-0.4, -0.2) is 12.4 Å². The molecule has 0 radical (unpaired) electrons. The number of allylic oxidation sites excluding steroid dienone is 1. The molecule has 5 rings (SSSR count). The summed E-state index contributed by atoms with van der Waals surface area (Å²) in [4.78, 5) is 13.0. The molecule has 4 aliphatic carbocycles. The van der Waals surface area contributed by atoms with Gasteiger partial charge in [-0.3, -0.25) is 4.79 Å².